The van der Waals surface area contributed by atoms with E-state index < -0.39 is 12.0 Å². The molecule has 0 spiro atoms. The summed E-state index contributed by atoms with van der Waals surface area (Å²) in [6, 6.07) is 9.00. The van der Waals surface area contributed by atoms with Crippen LogP contribution in [0.5, 0.6) is 0 Å². The number of Topliss-reactive ketones (excluding diaryl/α,β-unsaturated/α-hetero) is 1. The maximum absolute atomic E-state index is 11.9. The Morgan fingerprint density at radius 1 is 1.12 bits per heavy atom. The molecule has 1 rings (SSSR count). The van der Waals surface area contributed by atoms with Crippen molar-refractivity contribution in [3.63, 3.8) is 0 Å². The molecular formula is C13H17LiO2. The third-order valence-corrected chi connectivity index (χ3v) is 2.62. The van der Waals surface area contributed by atoms with Gasteiger partial charge >= 0.3 is 18.9 Å². The van der Waals surface area contributed by atoms with E-state index in [0.717, 1.165) is 0 Å². The smallest absolute Gasteiger partial charge is 0.851 e. The van der Waals surface area contributed by atoms with Gasteiger partial charge in [-0.3, -0.25) is 4.79 Å². The first-order valence-electron chi connectivity index (χ1n) is 5.29. The maximum Gasteiger partial charge on any atom is 1.00 e. The molecule has 0 aliphatic heterocycles. The summed E-state index contributed by atoms with van der Waals surface area (Å²) < 4.78 is 0. The van der Waals surface area contributed by atoms with Crippen molar-refractivity contribution in [3.05, 3.63) is 35.9 Å². The minimum absolute atomic E-state index is 0. The second kappa shape index (κ2) is 6.91. The zero-order valence-electron chi connectivity index (χ0n) is 10.4. The van der Waals surface area contributed by atoms with Gasteiger partial charge in [-0.25, -0.2) is 0 Å². The summed E-state index contributed by atoms with van der Waals surface area (Å²) in [5.74, 6) is -0.510. The summed E-state index contributed by atoms with van der Waals surface area (Å²) in [6.45, 7) is 5.42. The molecule has 0 N–H and O–H groups in total. The Bertz CT molecular complexity index is 322. The fraction of sp³-hybridized carbons (Fsp3) is 0.462. The quantitative estimate of drug-likeness (QED) is 0.469. The molecule has 0 fully saturated rings. The fourth-order valence-electron chi connectivity index (χ4n) is 1.59. The van der Waals surface area contributed by atoms with Crippen LogP contribution in [0.15, 0.2) is 30.3 Å². The van der Waals surface area contributed by atoms with Crippen LogP contribution in [0.4, 0.5) is 0 Å². The number of ketones is 1. The molecule has 0 aromatic heterocycles. The van der Waals surface area contributed by atoms with Gasteiger partial charge in [0.2, 0.25) is 0 Å². The van der Waals surface area contributed by atoms with Crippen LogP contribution in [0.3, 0.4) is 0 Å². The number of carbonyl (C=O) groups is 1. The van der Waals surface area contributed by atoms with Crippen molar-refractivity contribution in [1.82, 2.24) is 0 Å². The van der Waals surface area contributed by atoms with Crippen molar-refractivity contribution >= 4 is 5.78 Å². The summed E-state index contributed by atoms with van der Waals surface area (Å²) >= 11 is 0. The van der Waals surface area contributed by atoms with Gasteiger partial charge in [0.25, 0.3) is 0 Å². The third kappa shape index (κ3) is 3.79. The van der Waals surface area contributed by atoms with Gasteiger partial charge in [-0.1, -0.05) is 57.0 Å². The first-order valence-corrected chi connectivity index (χ1v) is 5.29. The van der Waals surface area contributed by atoms with Gasteiger partial charge in [0, 0.05) is 11.5 Å². The first kappa shape index (κ1) is 15.4. The van der Waals surface area contributed by atoms with Crippen LogP contribution in [0.2, 0.25) is 0 Å². The van der Waals surface area contributed by atoms with Gasteiger partial charge in [0.1, 0.15) is 0 Å². The third-order valence-electron chi connectivity index (χ3n) is 2.62. The minimum atomic E-state index is -0.822. The van der Waals surface area contributed by atoms with E-state index in [-0.39, 0.29) is 30.6 Å². The number of hydrogen-bond acceptors (Lipinski definition) is 2. The molecule has 16 heavy (non-hydrogen) atoms. The molecular weight excluding hydrogens is 195 g/mol. The summed E-state index contributed by atoms with van der Waals surface area (Å²) in [5.41, 5.74) is 0.631. The van der Waals surface area contributed by atoms with E-state index in [0.29, 0.717) is 5.56 Å². The van der Waals surface area contributed by atoms with Gasteiger partial charge in [-0.05, 0) is 0 Å². The molecule has 0 heterocycles. The molecule has 2 atom stereocenters. The molecule has 82 valence electrons. The van der Waals surface area contributed by atoms with Gasteiger partial charge in [0.15, 0.2) is 5.78 Å². The Labute approximate surface area is 109 Å². The SMILES string of the molecule is CC(C)C([O-])C(C)C(=O)c1ccccc1.[Li+]. The van der Waals surface area contributed by atoms with Gasteiger partial charge in [0.05, 0.1) is 0 Å². The Morgan fingerprint density at radius 2 is 1.62 bits per heavy atom. The Morgan fingerprint density at radius 3 is 2.06 bits per heavy atom. The van der Waals surface area contributed by atoms with Crippen molar-refractivity contribution in [1.29, 1.82) is 0 Å². The van der Waals surface area contributed by atoms with Crippen LogP contribution >= 0.6 is 0 Å². The summed E-state index contributed by atoms with van der Waals surface area (Å²) in [6.07, 6.45) is -0.822. The number of carbonyl (C=O) groups excluding carboxylic acids is 1. The standard InChI is InChI=1S/C13H17O2.Li/c1-9(2)12(14)10(3)13(15)11-7-5-4-6-8-11;/h4-10,12H,1-3H3;/q-1;+1. The molecule has 0 radical (unpaired) electrons. The molecule has 0 saturated heterocycles. The Balaban J connectivity index is 0.00000225. The monoisotopic (exact) mass is 212 g/mol. The fourth-order valence-corrected chi connectivity index (χ4v) is 1.59. The minimum Gasteiger partial charge on any atom is -0.851 e. The maximum atomic E-state index is 11.9. The van der Waals surface area contributed by atoms with E-state index in [1.54, 1.807) is 19.1 Å². The second-order valence-corrected chi connectivity index (χ2v) is 4.23. The summed E-state index contributed by atoms with van der Waals surface area (Å²) in [4.78, 5) is 11.9. The number of hydrogen-bond donors (Lipinski definition) is 0. The summed E-state index contributed by atoms with van der Waals surface area (Å²) in [7, 11) is 0. The Kier molecular flexibility index (Phi) is 6.67. The van der Waals surface area contributed by atoms with E-state index in [4.69, 9.17) is 0 Å². The molecule has 1 aromatic rings. The molecule has 2 unspecified atom stereocenters. The summed E-state index contributed by atoms with van der Waals surface area (Å²) in [5, 5.41) is 11.7. The number of benzene rings is 1. The average molecular weight is 212 g/mol. The molecule has 0 bridgehead atoms. The van der Waals surface area contributed by atoms with E-state index in [1.165, 1.54) is 0 Å². The second-order valence-electron chi connectivity index (χ2n) is 4.23. The van der Waals surface area contributed by atoms with Crippen LogP contribution in [-0.2, 0) is 0 Å². The largest absolute Gasteiger partial charge is 1.00 e. The van der Waals surface area contributed by atoms with Crippen molar-refractivity contribution in [3.8, 4) is 0 Å². The van der Waals surface area contributed by atoms with Crippen LogP contribution in [0.25, 0.3) is 0 Å². The van der Waals surface area contributed by atoms with E-state index in [1.807, 2.05) is 32.0 Å². The van der Waals surface area contributed by atoms with E-state index >= 15 is 0 Å². The Hall–Kier alpha value is -0.553. The van der Waals surface area contributed by atoms with Crippen molar-refractivity contribution in [2.75, 3.05) is 0 Å². The van der Waals surface area contributed by atoms with Crippen LogP contribution < -0.4 is 24.0 Å². The van der Waals surface area contributed by atoms with Crippen LogP contribution in [0.1, 0.15) is 31.1 Å². The molecule has 1 aromatic carbocycles. The number of rotatable bonds is 4. The first-order chi connectivity index (χ1) is 7.04. The predicted octanol–water partition coefficient (Wildman–Crippen LogP) is -1.11. The van der Waals surface area contributed by atoms with Crippen molar-refractivity contribution in [2.24, 2.45) is 11.8 Å². The molecule has 0 aliphatic rings. The van der Waals surface area contributed by atoms with Gasteiger partial charge in [-0.2, -0.15) is 0 Å². The van der Waals surface area contributed by atoms with Crippen molar-refractivity contribution in [2.45, 2.75) is 26.9 Å². The zero-order chi connectivity index (χ0) is 11.4. The van der Waals surface area contributed by atoms with E-state index in [2.05, 4.69) is 0 Å². The molecule has 0 saturated carbocycles. The predicted molar refractivity (Wildman–Crippen MR) is 58.6 cm³/mol. The van der Waals surface area contributed by atoms with Gasteiger partial charge in [-0.15, -0.1) is 6.10 Å². The van der Waals surface area contributed by atoms with Gasteiger partial charge < -0.3 is 5.11 Å². The molecule has 2 nitrogen and oxygen atoms in total. The van der Waals surface area contributed by atoms with Crippen LogP contribution in [0, 0.1) is 11.8 Å². The van der Waals surface area contributed by atoms with Crippen molar-refractivity contribution < 1.29 is 28.8 Å². The normalized spacial score (nSPS) is 14.1. The molecule has 3 heteroatoms. The average Bonchev–Trinajstić information content (AvgIpc) is 2.27. The topological polar surface area (TPSA) is 40.1 Å². The van der Waals surface area contributed by atoms with E-state index in [9.17, 15) is 9.90 Å². The molecule has 0 amide bonds. The molecule has 0 aliphatic carbocycles. The van der Waals surface area contributed by atoms with Crippen LogP contribution in [-0.4, -0.2) is 11.9 Å². The zero-order valence-corrected chi connectivity index (χ0v) is 10.4.